The fourth-order valence-corrected chi connectivity index (χ4v) is 3.60. The second-order valence-electron chi connectivity index (χ2n) is 6.17. The first-order chi connectivity index (χ1) is 12.2. The summed E-state index contributed by atoms with van der Waals surface area (Å²) in [6, 6.07) is 8.01. The van der Waals surface area contributed by atoms with Gasteiger partial charge in [-0.15, -0.1) is 0 Å². The maximum atomic E-state index is 11.6. The third-order valence-corrected chi connectivity index (χ3v) is 4.97. The second-order valence-corrected chi connectivity index (χ2v) is 7.04. The highest BCUT2D eigenvalue weighted by Gasteiger charge is 2.20. The Bertz CT molecular complexity index is 806. The van der Waals surface area contributed by atoms with Crippen LogP contribution in [0.1, 0.15) is 11.3 Å². The molecule has 1 fully saturated rings. The van der Waals surface area contributed by atoms with Crippen molar-refractivity contribution in [2.45, 2.75) is 12.2 Å². The number of hydrogen-bond acceptors (Lipinski definition) is 6. The van der Waals surface area contributed by atoms with Crippen molar-refractivity contribution in [2.24, 2.45) is 0 Å². The number of amides is 1. The van der Waals surface area contributed by atoms with E-state index in [4.69, 9.17) is 14.7 Å². The van der Waals surface area contributed by atoms with Crippen molar-refractivity contribution in [3.8, 4) is 11.4 Å². The molecule has 0 saturated carbocycles. The zero-order chi connectivity index (χ0) is 17.2. The van der Waals surface area contributed by atoms with E-state index in [0.717, 1.165) is 66.2 Å². The molecular formula is C18H20N4O2S. The van der Waals surface area contributed by atoms with Crippen LogP contribution in [0.15, 0.2) is 24.3 Å². The molecule has 3 heterocycles. The Hall–Kier alpha value is -2.12. The molecule has 1 aromatic carbocycles. The van der Waals surface area contributed by atoms with Crippen LogP contribution in [0, 0.1) is 0 Å². The third kappa shape index (κ3) is 3.48. The van der Waals surface area contributed by atoms with E-state index in [1.165, 1.54) is 0 Å². The van der Waals surface area contributed by atoms with E-state index in [9.17, 15) is 4.79 Å². The monoisotopic (exact) mass is 356 g/mol. The largest absolute Gasteiger partial charge is 0.378 e. The highest BCUT2D eigenvalue weighted by atomic mass is 32.2. The van der Waals surface area contributed by atoms with Crippen molar-refractivity contribution < 1.29 is 9.53 Å². The van der Waals surface area contributed by atoms with Crippen molar-refractivity contribution in [1.29, 1.82) is 0 Å². The number of carbonyl (C=O) groups is 1. The average Bonchev–Trinajstić information content (AvgIpc) is 3.01. The summed E-state index contributed by atoms with van der Waals surface area (Å²) in [7, 11) is 0. The molecule has 1 N–H and O–H groups in total. The number of hydrogen-bond donors (Lipinski definition) is 1. The minimum Gasteiger partial charge on any atom is -0.378 e. The molecule has 2 aromatic rings. The predicted octanol–water partition coefficient (Wildman–Crippen LogP) is 2.34. The predicted molar refractivity (Wildman–Crippen MR) is 100 cm³/mol. The quantitative estimate of drug-likeness (QED) is 0.907. The lowest BCUT2D eigenvalue weighted by Gasteiger charge is -2.28. The van der Waals surface area contributed by atoms with Crippen molar-refractivity contribution in [1.82, 2.24) is 9.97 Å². The molecule has 2 aliphatic heterocycles. The fraction of sp³-hybridized carbons (Fsp3) is 0.389. The van der Waals surface area contributed by atoms with Gasteiger partial charge in [0.05, 0.1) is 25.3 Å². The van der Waals surface area contributed by atoms with E-state index in [1.54, 1.807) is 11.8 Å². The van der Waals surface area contributed by atoms with E-state index >= 15 is 0 Å². The van der Waals surface area contributed by atoms with Crippen molar-refractivity contribution in [3.05, 3.63) is 35.5 Å². The van der Waals surface area contributed by atoms with E-state index in [-0.39, 0.29) is 5.91 Å². The lowest BCUT2D eigenvalue weighted by molar-refractivity contribution is -0.115. The second kappa shape index (κ2) is 7.01. The van der Waals surface area contributed by atoms with Crippen LogP contribution in [0.25, 0.3) is 11.4 Å². The van der Waals surface area contributed by atoms with Gasteiger partial charge >= 0.3 is 0 Å². The highest BCUT2D eigenvalue weighted by Crippen LogP contribution is 2.29. The van der Waals surface area contributed by atoms with Gasteiger partial charge in [-0.05, 0) is 30.0 Å². The van der Waals surface area contributed by atoms with Crippen LogP contribution in [0.5, 0.6) is 0 Å². The molecule has 4 rings (SSSR count). The first-order valence-electron chi connectivity index (χ1n) is 8.35. The maximum Gasteiger partial charge on any atom is 0.228 e. The minimum absolute atomic E-state index is 0.0400. The van der Waals surface area contributed by atoms with Crippen molar-refractivity contribution in [2.75, 3.05) is 42.8 Å². The molecule has 0 radical (unpaired) electrons. The topological polar surface area (TPSA) is 67.3 Å². The average molecular weight is 356 g/mol. The number of benzene rings is 1. The molecule has 2 aliphatic rings. The highest BCUT2D eigenvalue weighted by molar-refractivity contribution is 7.97. The van der Waals surface area contributed by atoms with Crippen LogP contribution in [0.3, 0.4) is 0 Å². The number of carbonyl (C=O) groups excluding carboxylic acids is 1. The lowest BCUT2D eigenvalue weighted by atomic mass is 10.1. The van der Waals surface area contributed by atoms with Gasteiger partial charge < -0.3 is 15.0 Å². The van der Waals surface area contributed by atoms with E-state index in [1.807, 2.05) is 18.2 Å². The molecule has 0 unspecified atom stereocenters. The summed E-state index contributed by atoms with van der Waals surface area (Å²) in [5.41, 5.74) is 3.87. The number of morpholine rings is 1. The normalized spacial score (nSPS) is 16.7. The third-order valence-electron chi connectivity index (χ3n) is 4.38. The summed E-state index contributed by atoms with van der Waals surface area (Å²) in [4.78, 5) is 23.4. The smallest absolute Gasteiger partial charge is 0.228 e. The Balaban J connectivity index is 1.72. The van der Waals surface area contributed by atoms with Crippen LogP contribution < -0.4 is 10.2 Å². The molecule has 1 aromatic heterocycles. The molecule has 0 bridgehead atoms. The van der Waals surface area contributed by atoms with Gasteiger partial charge in [-0.1, -0.05) is 0 Å². The SMILES string of the molecule is CSCc1cc(N2CCOCC2)nc(-c2ccc3c(c2)CC(=O)N3)n1. The van der Waals surface area contributed by atoms with Gasteiger partial charge in [0.2, 0.25) is 5.91 Å². The van der Waals surface area contributed by atoms with E-state index < -0.39 is 0 Å². The Morgan fingerprint density at radius 2 is 2.08 bits per heavy atom. The summed E-state index contributed by atoms with van der Waals surface area (Å²) < 4.78 is 5.45. The van der Waals surface area contributed by atoms with Crippen LogP contribution in [0.2, 0.25) is 0 Å². The van der Waals surface area contributed by atoms with Crippen LogP contribution >= 0.6 is 11.8 Å². The zero-order valence-corrected chi connectivity index (χ0v) is 14.9. The maximum absolute atomic E-state index is 11.6. The molecule has 25 heavy (non-hydrogen) atoms. The molecule has 6 nitrogen and oxygen atoms in total. The van der Waals surface area contributed by atoms with Gasteiger partial charge in [-0.2, -0.15) is 11.8 Å². The Labute approximate surface area is 151 Å². The lowest BCUT2D eigenvalue weighted by Crippen LogP contribution is -2.37. The first kappa shape index (κ1) is 16.4. The van der Waals surface area contributed by atoms with Crippen LogP contribution in [-0.4, -0.2) is 48.4 Å². The molecule has 1 saturated heterocycles. The number of rotatable bonds is 4. The number of fused-ring (bicyclic) bond motifs is 1. The summed E-state index contributed by atoms with van der Waals surface area (Å²) in [5.74, 6) is 2.55. The van der Waals surface area contributed by atoms with Crippen LogP contribution in [0.4, 0.5) is 11.5 Å². The Morgan fingerprint density at radius 3 is 2.88 bits per heavy atom. The number of nitrogens with one attached hydrogen (secondary N) is 1. The minimum atomic E-state index is 0.0400. The zero-order valence-electron chi connectivity index (χ0n) is 14.1. The van der Waals surface area contributed by atoms with Gasteiger partial charge in [-0.25, -0.2) is 9.97 Å². The van der Waals surface area contributed by atoms with Gasteiger partial charge in [0.15, 0.2) is 5.82 Å². The fourth-order valence-electron chi connectivity index (χ4n) is 3.16. The van der Waals surface area contributed by atoms with E-state index in [0.29, 0.717) is 6.42 Å². The Kier molecular flexibility index (Phi) is 4.59. The molecule has 0 atom stereocenters. The molecule has 0 aliphatic carbocycles. The summed E-state index contributed by atoms with van der Waals surface area (Å²) in [5, 5.41) is 2.87. The van der Waals surface area contributed by atoms with Crippen molar-refractivity contribution >= 4 is 29.2 Å². The molecule has 1 amide bonds. The summed E-state index contributed by atoms with van der Waals surface area (Å²) in [6.45, 7) is 3.14. The number of aromatic nitrogens is 2. The Morgan fingerprint density at radius 1 is 1.24 bits per heavy atom. The summed E-state index contributed by atoms with van der Waals surface area (Å²) in [6.07, 6.45) is 2.49. The number of thioether (sulfide) groups is 1. The first-order valence-corrected chi connectivity index (χ1v) is 9.75. The number of ether oxygens (including phenoxy) is 1. The molecule has 130 valence electrons. The number of nitrogens with zero attached hydrogens (tertiary/aromatic N) is 3. The molecule has 7 heteroatoms. The number of anilines is 2. The standard InChI is InChI=1S/C18H20N4O2S/c1-25-11-14-10-16(22-4-6-24-7-5-22)21-18(19-14)12-2-3-15-13(8-12)9-17(23)20-15/h2-3,8,10H,4-7,9,11H2,1H3,(H,20,23). The van der Waals surface area contributed by atoms with E-state index in [2.05, 4.69) is 22.5 Å². The van der Waals surface area contributed by atoms with Gasteiger partial charge in [0.25, 0.3) is 0 Å². The van der Waals surface area contributed by atoms with Crippen LogP contribution in [-0.2, 0) is 21.7 Å². The van der Waals surface area contributed by atoms with Gasteiger partial charge in [0.1, 0.15) is 5.82 Å². The van der Waals surface area contributed by atoms with Gasteiger partial charge in [0, 0.05) is 36.2 Å². The summed E-state index contributed by atoms with van der Waals surface area (Å²) >= 11 is 1.75. The van der Waals surface area contributed by atoms with Gasteiger partial charge in [-0.3, -0.25) is 4.79 Å². The van der Waals surface area contributed by atoms with Crippen molar-refractivity contribution in [3.63, 3.8) is 0 Å². The molecular weight excluding hydrogens is 336 g/mol. The molecule has 0 spiro atoms.